The molecule has 1 saturated heterocycles. The van der Waals surface area contributed by atoms with E-state index in [2.05, 4.69) is 53.3 Å². The zero-order valence-electron chi connectivity index (χ0n) is 19.0. The van der Waals surface area contributed by atoms with Crippen LogP contribution < -0.4 is 9.80 Å². The molecule has 6 rings (SSSR count). The SMILES string of the molecule is Cn1cc(-c2ccc3c(N4CCN(c5ncc(Cc6ccccn6)cn5)CC4)cnn3c2)cn1. The van der Waals surface area contributed by atoms with Gasteiger partial charge in [0.05, 0.1) is 23.6 Å². The number of aromatic nitrogens is 7. The quantitative estimate of drug-likeness (QED) is 0.406. The van der Waals surface area contributed by atoms with Gasteiger partial charge in [0.15, 0.2) is 0 Å². The van der Waals surface area contributed by atoms with Crippen LogP contribution in [0.15, 0.2) is 73.7 Å². The normalized spacial score (nSPS) is 14.1. The summed E-state index contributed by atoms with van der Waals surface area (Å²) < 4.78 is 3.76. The lowest BCUT2D eigenvalue weighted by molar-refractivity contribution is 0.640. The summed E-state index contributed by atoms with van der Waals surface area (Å²) in [5.41, 5.74) is 6.54. The molecule has 9 heteroatoms. The second-order valence-corrected chi connectivity index (χ2v) is 8.54. The summed E-state index contributed by atoms with van der Waals surface area (Å²) in [5, 5.41) is 8.88. The molecule has 1 aliphatic rings. The standard InChI is InChI=1S/C25H25N9/c1-31-17-21(15-29-31)20-5-6-23-24(16-30-34(23)18-20)32-8-10-33(11-9-32)25-27-13-19(14-28-25)12-22-4-2-3-7-26-22/h2-7,13-18H,8-12H2,1H3. The molecule has 0 N–H and O–H groups in total. The summed E-state index contributed by atoms with van der Waals surface area (Å²) in [6, 6.07) is 10.2. The molecule has 0 radical (unpaired) electrons. The van der Waals surface area contributed by atoms with Crippen LogP contribution >= 0.6 is 0 Å². The maximum absolute atomic E-state index is 4.62. The predicted molar refractivity (Wildman–Crippen MR) is 131 cm³/mol. The number of rotatable bonds is 5. The van der Waals surface area contributed by atoms with Gasteiger partial charge in [-0.05, 0) is 23.8 Å². The van der Waals surface area contributed by atoms with E-state index in [4.69, 9.17) is 0 Å². The van der Waals surface area contributed by atoms with Crippen LogP contribution in [-0.2, 0) is 13.5 Å². The van der Waals surface area contributed by atoms with Gasteiger partial charge in [0, 0.05) is 87.5 Å². The van der Waals surface area contributed by atoms with Gasteiger partial charge in [-0.2, -0.15) is 10.2 Å². The van der Waals surface area contributed by atoms with Crippen molar-refractivity contribution in [2.45, 2.75) is 6.42 Å². The Morgan fingerprint density at radius 3 is 2.32 bits per heavy atom. The van der Waals surface area contributed by atoms with Crippen LogP contribution in [0.3, 0.4) is 0 Å². The van der Waals surface area contributed by atoms with Crippen LogP contribution in [0.4, 0.5) is 11.6 Å². The Morgan fingerprint density at radius 1 is 0.765 bits per heavy atom. The number of hydrogen-bond acceptors (Lipinski definition) is 7. The smallest absolute Gasteiger partial charge is 0.225 e. The second-order valence-electron chi connectivity index (χ2n) is 8.54. The van der Waals surface area contributed by atoms with Crippen molar-refractivity contribution in [1.82, 2.24) is 34.3 Å². The second kappa shape index (κ2) is 8.58. The minimum atomic E-state index is 0.742. The van der Waals surface area contributed by atoms with Crippen molar-refractivity contribution in [3.63, 3.8) is 0 Å². The fraction of sp³-hybridized carbons (Fsp3) is 0.240. The lowest BCUT2D eigenvalue weighted by Gasteiger charge is -2.35. The average Bonchev–Trinajstić information content (AvgIpc) is 3.51. The van der Waals surface area contributed by atoms with E-state index in [-0.39, 0.29) is 0 Å². The first-order valence-corrected chi connectivity index (χ1v) is 11.4. The fourth-order valence-electron chi connectivity index (χ4n) is 4.42. The Balaban J connectivity index is 1.12. The minimum Gasteiger partial charge on any atom is -0.365 e. The van der Waals surface area contributed by atoms with Crippen molar-refractivity contribution >= 4 is 17.2 Å². The van der Waals surface area contributed by atoms with Gasteiger partial charge < -0.3 is 9.80 Å². The highest BCUT2D eigenvalue weighted by molar-refractivity contribution is 5.75. The lowest BCUT2D eigenvalue weighted by atomic mass is 10.1. The molecule has 170 valence electrons. The van der Waals surface area contributed by atoms with Crippen LogP contribution in [-0.4, -0.2) is 60.5 Å². The van der Waals surface area contributed by atoms with Crippen molar-refractivity contribution in [1.29, 1.82) is 0 Å². The van der Waals surface area contributed by atoms with Crippen molar-refractivity contribution in [2.75, 3.05) is 36.0 Å². The molecule has 34 heavy (non-hydrogen) atoms. The van der Waals surface area contributed by atoms with E-state index in [1.807, 2.05) is 71.6 Å². The summed E-state index contributed by atoms with van der Waals surface area (Å²) in [5.74, 6) is 0.783. The number of pyridine rings is 2. The molecule has 0 bridgehead atoms. The van der Waals surface area contributed by atoms with E-state index < -0.39 is 0 Å². The van der Waals surface area contributed by atoms with Crippen LogP contribution in [0.25, 0.3) is 16.6 Å². The highest BCUT2D eigenvalue weighted by Crippen LogP contribution is 2.26. The van der Waals surface area contributed by atoms with E-state index >= 15 is 0 Å². The molecule has 0 atom stereocenters. The van der Waals surface area contributed by atoms with Gasteiger partial charge in [-0.1, -0.05) is 12.1 Å². The van der Waals surface area contributed by atoms with Crippen molar-refractivity contribution in [3.05, 3.63) is 85.0 Å². The molecule has 1 fully saturated rings. The molecule has 9 nitrogen and oxygen atoms in total. The predicted octanol–water partition coefficient (Wildman–Crippen LogP) is 2.84. The monoisotopic (exact) mass is 451 g/mol. The van der Waals surface area contributed by atoms with Crippen LogP contribution in [0.1, 0.15) is 11.3 Å². The average molecular weight is 452 g/mol. The topological polar surface area (TPSA) is 80.3 Å². The van der Waals surface area contributed by atoms with E-state index in [0.29, 0.717) is 0 Å². The van der Waals surface area contributed by atoms with Crippen molar-refractivity contribution in [3.8, 4) is 11.1 Å². The largest absolute Gasteiger partial charge is 0.365 e. The molecule has 0 aliphatic carbocycles. The Bertz CT molecular complexity index is 1400. The number of fused-ring (bicyclic) bond motifs is 1. The van der Waals surface area contributed by atoms with Gasteiger partial charge in [-0.15, -0.1) is 0 Å². The Morgan fingerprint density at radius 2 is 1.59 bits per heavy atom. The summed E-state index contributed by atoms with van der Waals surface area (Å²) >= 11 is 0. The number of nitrogens with zero attached hydrogens (tertiary/aromatic N) is 9. The maximum Gasteiger partial charge on any atom is 0.225 e. The number of piperazine rings is 1. The molecule has 0 unspecified atom stereocenters. The first-order chi connectivity index (χ1) is 16.7. The van der Waals surface area contributed by atoms with E-state index in [1.54, 1.807) is 0 Å². The van der Waals surface area contributed by atoms with Gasteiger partial charge in [0.2, 0.25) is 5.95 Å². The van der Waals surface area contributed by atoms with Gasteiger partial charge in [0.25, 0.3) is 0 Å². The van der Waals surface area contributed by atoms with E-state index in [9.17, 15) is 0 Å². The van der Waals surface area contributed by atoms with Crippen molar-refractivity contribution < 1.29 is 0 Å². The summed E-state index contributed by atoms with van der Waals surface area (Å²) in [7, 11) is 1.93. The highest BCUT2D eigenvalue weighted by Gasteiger charge is 2.21. The third kappa shape index (κ3) is 3.96. The minimum absolute atomic E-state index is 0.742. The van der Waals surface area contributed by atoms with Crippen LogP contribution in [0.5, 0.6) is 0 Å². The zero-order chi connectivity index (χ0) is 22.9. The lowest BCUT2D eigenvalue weighted by Crippen LogP contribution is -2.47. The van der Waals surface area contributed by atoms with Gasteiger partial charge in [0.1, 0.15) is 0 Å². The first kappa shape index (κ1) is 20.3. The van der Waals surface area contributed by atoms with E-state index in [1.165, 1.54) is 0 Å². The van der Waals surface area contributed by atoms with Gasteiger partial charge in [-0.25, -0.2) is 14.5 Å². The summed E-state index contributed by atoms with van der Waals surface area (Å²) in [4.78, 5) is 18.3. The van der Waals surface area contributed by atoms with Gasteiger partial charge in [-0.3, -0.25) is 9.67 Å². The van der Waals surface area contributed by atoms with Crippen LogP contribution in [0, 0.1) is 0 Å². The molecule has 0 amide bonds. The Labute approximate surface area is 197 Å². The van der Waals surface area contributed by atoms with E-state index in [0.717, 1.165) is 72.1 Å². The number of aryl methyl sites for hydroxylation is 1. The van der Waals surface area contributed by atoms with Gasteiger partial charge >= 0.3 is 0 Å². The third-order valence-electron chi connectivity index (χ3n) is 6.24. The Kier molecular flexibility index (Phi) is 5.14. The summed E-state index contributed by atoms with van der Waals surface area (Å²) in [6.07, 6.45) is 14.3. The molecular formula is C25H25N9. The van der Waals surface area contributed by atoms with Crippen LogP contribution in [0.2, 0.25) is 0 Å². The first-order valence-electron chi connectivity index (χ1n) is 11.4. The molecule has 0 aromatic carbocycles. The molecule has 1 aliphatic heterocycles. The molecule has 5 aromatic rings. The third-order valence-corrected chi connectivity index (χ3v) is 6.24. The maximum atomic E-state index is 4.62. The molecule has 6 heterocycles. The fourth-order valence-corrected chi connectivity index (χ4v) is 4.42. The summed E-state index contributed by atoms with van der Waals surface area (Å²) in [6.45, 7) is 3.52. The zero-order valence-corrected chi connectivity index (χ0v) is 19.0. The molecule has 5 aromatic heterocycles. The number of anilines is 2. The molecular weight excluding hydrogens is 426 g/mol. The molecule has 0 saturated carbocycles. The molecule has 0 spiro atoms. The number of hydrogen-bond donors (Lipinski definition) is 0. The van der Waals surface area contributed by atoms with Crippen molar-refractivity contribution in [2.24, 2.45) is 7.05 Å². The Hall–Kier alpha value is -4.27. The highest BCUT2D eigenvalue weighted by atomic mass is 15.3.